The summed E-state index contributed by atoms with van der Waals surface area (Å²) in [4.78, 5) is 13.7. The molecule has 3 nitrogen and oxygen atoms in total. The number of piperidine rings is 1. The van der Waals surface area contributed by atoms with Crippen molar-refractivity contribution in [1.29, 1.82) is 0 Å². The third kappa shape index (κ3) is 2.71. The van der Waals surface area contributed by atoms with E-state index in [2.05, 4.69) is 6.92 Å². The molecule has 1 amide bonds. The Balaban J connectivity index is 2.37. The molecule has 0 radical (unpaired) electrons. The summed E-state index contributed by atoms with van der Waals surface area (Å²) < 4.78 is 0. The van der Waals surface area contributed by atoms with Crippen molar-refractivity contribution in [2.45, 2.75) is 45.6 Å². The SMILES string of the molecule is CCC1CCN(C(=O)C(N)CC)CC1. The molecule has 0 spiro atoms. The zero-order valence-corrected chi connectivity index (χ0v) is 9.33. The summed E-state index contributed by atoms with van der Waals surface area (Å²) in [6.07, 6.45) is 4.28. The number of rotatable bonds is 3. The number of nitrogens with two attached hydrogens (primary N) is 1. The molecule has 1 rings (SSSR count). The van der Waals surface area contributed by atoms with Gasteiger partial charge in [0.1, 0.15) is 0 Å². The second-order valence-corrected chi connectivity index (χ2v) is 4.19. The van der Waals surface area contributed by atoms with Gasteiger partial charge in [-0.1, -0.05) is 20.3 Å². The molecule has 2 N–H and O–H groups in total. The highest BCUT2D eigenvalue weighted by Crippen LogP contribution is 2.20. The molecule has 0 saturated carbocycles. The van der Waals surface area contributed by atoms with Crippen molar-refractivity contribution >= 4 is 5.91 Å². The number of carbonyl (C=O) groups is 1. The van der Waals surface area contributed by atoms with Crippen LogP contribution in [0.4, 0.5) is 0 Å². The Morgan fingerprint density at radius 2 is 2.00 bits per heavy atom. The van der Waals surface area contributed by atoms with Gasteiger partial charge in [-0.25, -0.2) is 0 Å². The van der Waals surface area contributed by atoms with Crippen LogP contribution >= 0.6 is 0 Å². The Kier molecular flexibility index (Phi) is 4.39. The van der Waals surface area contributed by atoms with E-state index in [1.807, 2.05) is 11.8 Å². The summed E-state index contributed by atoms with van der Waals surface area (Å²) >= 11 is 0. The van der Waals surface area contributed by atoms with E-state index < -0.39 is 0 Å². The third-order valence-electron chi connectivity index (χ3n) is 3.26. The Morgan fingerprint density at radius 3 is 2.43 bits per heavy atom. The van der Waals surface area contributed by atoms with E-state index in [1.165, 1.54) is 6.42 Å². The van der Waals surface area contributed by atoms with Gasteiger partial charge in [0.15, 0.2) is 0 Å². The Labute approximate surface area is 86.6 Å². The predicted molar refractivity (Wildman–Crippen MR) is 57.9 cm³/mol. The van der Waals surface area contributed by atoms with Gasteiger partial charge in [0, 0.05) is 13.1 Å². The Morgan fingerprint density at radius 1 is 1.43 bits per heavy atom. The Hall–Kier alpha value is -0.570. The molecule has 0 bridgehead atoms. The molecule has 0 aliphatic carbocycles. The highest BCUT2D eigenvalue weighted by atomic mass is 16.2. The summed E-state index contributed by atoms with van der Waals surface area (Å²) in [5.41, 5.74) is 5.72. The van der Waals surface area contributed by atoms with E-state index in [-0.39, 0.29) is 11.9 Å². The van der Waals surface area contributed by atoms with Crippen LogP contribution in [0, 0.1) is 5.92 Å². The molecule has 1 aliphatic heterocycles. The minimum atomic E-state index is -0.284. The molecule has 1 aliphatic rings. The molecule has 1 heterocycles. The minimum absolute atomic E-state index is 0.141. The second-order valence-electron chi connectivity index (χ2n) is 4.19. The van der Waals surface area contributed by atoms with Crippen LogP contribution in [0.1, 0.15) is 39.5 Å². The highest BCUT2D eigenvalue weighted by Gasteiger charge is 2.24. The van der Waals surface area contributed by atoms with Crippen LogP contribution in [0.2, 0.25) is 0 Å². The van der Waals surface area contributed by atoms with Crippen molar-refractivity contribution in [2.24, 2.45) is 11.7 Å². The van der Waals surface area contributed by atoms with Crippen molar-refractivity contribution in [3.05, 3.63) is 0 Å². The lowest BCUT2D eigenvalue weighted by Gasteiger charge is -2.32. The molecule has 3 heteroatoms. The fraction of sp³-hybridized carbons (Fsp3) is 0.909. The fourth-order valence-corrected chi connectivity index (χ4v) is 1.97. The first-order valence-electron chi connectivity index (χ1n) is 5.73. The van der Waals surface area contributed by atoms with Crippen molar-refractivity contribution in [3.63, 3.8) is 0 Å². The van der Waals surface area contributed by atoms with E-state index in [4.69, 9.17) is 5.73 Å². The van der Waals surface area contributed by atoms with Crippen LogP contribution in [-0.4, -0.2) is 29.9 Å². The maximum atomic E-state index is 11.7. The average Bonchev–Trinajstić information content (AvgIpc) is 2.27. The molecule has 14 heavy (non-hydrogen) atoms. The second kappa shape index (κ2) is 5.35. The van der Waals surface area contributed by atoms with Gasteiger partial charge in [-0.15, -0.1) is 0 Å². The number of nitrogens with zero attached hydrogens (tertiary/aromatic N) is 1. The van der Waals surface area contributed by atoms with E-state index in [9.17, 15) is 4.79 Å². The topological polar surface area (TPSA) is 46.3 Å². The van der Waals surface area contributed by atoms with Crippen LogP contribution in [0.5, 0.6) is 0 Å². The summed E-state index contributed by atoms with van der Waals surface area (Å²) in [5.74, 6) is 0.957. The molecule has 0 aromatic rings. The highest BCUT2D eigenvalue weighted by molar-refractivity contribution is 5.81. The molecule has 1 unspecified atom stereocenters. The van der Waals surface area contributed by atoms with Gasteiger partial charge < -0.3 is 10.6 Å². The van der Waals surface area contributed by atoms with Crippen molar-refractivity contribution < 1.29 is 4.79 Å². The lowest BCUT2D eigenvalue weighted by Crippen LogP contribution is -2.46. The summed E-state index contributed by atoms with van der Waals surface area (Å²) in [6.45, 7) is 6.00. The number of likely N-dealkylation sites (tertiary alicyclic amines) is 1. The van der Waals surface area contributed by atoms with Gasteiger partial charge in [-0.3, -0.25) is 4.79 Å². The van der Waals surface area contributed by atoms with E-state index in [1.54, 1.807) is 0 Å². The Bertz CT molecular complexity index is 186. The molecular formula is C11H22N2O. The molecule has 82 valence electrons. The van der Waals surface area contributed by atoms with Gasteiger partial charge in [-0.05, 0) is 25.2 Å². The van der Waals surface area contributed by atoms with Crippen molar-refractivity contribution in [1.82, 2.24) is 4.90 Å². The van der Waals surface area contributed by atoms with Crippen LogP contribution in [0.3, 0.4) is 0 Å². The van der Waals surface area contributed by atoms with E-state index in [0.29, 0.717) is 0 Å². The lowest BCUT2D eigenvalue weighted by atomic mass is 9.94. The molecule has 1 saturated heterocycles. The van der Waals surface area contributed by atoms with E-state index >= 15 is 0 Å². The largest absolute Gasteiger partial charge is 0.341 e. The van der Waals surface area contributed by atoms with Crippen molar-refractivity contribution in [2.75, 3.05) is 13.1 Å². The summed E-state index contributed by atoms with van der Waals surface area (Å²) in [7, 11) is 0. The van der Waals surface area contributed by atoms with E-state index in [0.717, 1.165) is 38.3 Å². The lowest BCUT2D eigenvalue weighted by molar-refractivity contribution is -0.134. The summed E-state index contributed by atoms with van der Waals surface area (Å²) in [6, 6.07) is -0.284. The zero-order chi connectivity index (χ0) is 10.6. The monoisotopic (exact) mass is 198 g/mol. The third-order valence-corrected chi connectivity index (χ3v) is 3.26. The first-order chi connectivity index (χ1) is 6.69. The smallest absolute Gasteiger partial charge is 0.239 e. The number of amides is 1. The minimum Gasteiger partial charge on any atom is -0.341 e. The number of hydrogen-bond donors (Lipinski definition) is 1. The van der Waals surface area contributed by atoms with Crippen LogP contribution in [0.25, 0.3) is 0 Å². The first-order valence-corrected chi connectivity index (χ1v) is 5.73. The zero-order valence-electron chi connectivity index (χ0n) is 9.33. The van der Waals surface area contributed by atoms with Gasteiger partial charge in [0.2, 0.25) is 5.91 Å². The van der Waals surface area contributed by atoms with Crippen LogP contribution < -0.4 is 5.73 Å². The number of carbonyl (C=O) groups excluding carboxylic acids is 1. The standard InChI is InChI=1S/C11H22N2O/c1-3-9-5-7-13(8-6-9)11(14)10(12)4-2/h9-10H,3-8,12H2,1-2H3. The maximum absolute atomic E-state index is 11.7. The normalized spacial score (nSPS) is 20.9. The van der Waals surface area contributed by atoms with Crippen LogP contribution in [-0.2, 0) is 4.79 Å². The summed E-state index contributed by atoms with van der Waals surface area (Å²) in [5, 5.41) is 0. The van der Waals surface area contributed by atoms with Crippen LogP contribution in [0.15, 0.2) is 0 Å². The molecule has 1 fully saturated rings. The average molecular weight is 198 g/mol. The molecule has 1 atom stereocenters. The fourth-order valence-electron chi connectivity index (χ4n) is 1.97. The van der Waals surface area contributed by atoms with Gasteiger partial charge >= 0.3 is 0 Å². The van der Waals surface area contributed by atoms with Gasteiger partial charge in [-0.2, -0.15) is 0 Å². The molecular weight excluding hydrogens is 176 g/mol. The number of hydrogen-bond acceptors (Lipinski definition) is 2. The molecule has 0 aromatic heterocycles. The first kappa shape index (κ1) is 11.5. The van der Waals surface area contributed by atoms with Gasteiger partial charge in [0.25, 0.3) is 0 Å². The quantitative estimate of drug-likeness (QED) is 0.744. The van der Waals surface area contributed by atoms with Gasteiger partial charge in [0.05, 0.1) is 6.04 Å². The predicted octanol–water partition coefficient (Wildman–Crippen LogP) is 1.37. The molecule has 0 aromatic carbocycles. The van der Waals surface area contributed by atoms with Crippen molar-refractivity contribution in [3.8, 4) is 0 Å². The maximum Gasteiger partial charge on any atom is 0.239 e.